The number of halogens is 2. The van der Waals surface area contributed by atoms with E-state index >= 15 is 0 Å². The van der Waals surface area contributed by atoms with E-state index in [2.05, 4.69) is 5.32 Å². The van der Waals surface area contributed by atoms with E-state index in [9.17, 15) is 23.2 Å². The number of hydrogen-bond acceptors (Lipinski definition) is 5. The molecule has 0 bridgehead atoms. The largest absolute Gasteiger partial charge is 0.368 e. The van der Waals surface area contributed by atoms with Crippen molar-refractivity contribution in [1.82, 2.24) is 19.4 Å². The number of nitrogens with one attached hydrogen (secondary N) is 1. The smallest absolute Gasteiger partial charge is 0.329 e. The molecule has 1 atom stereocenters. The number of para-hydroxylation sites is 1. The number of nitrogens with zero attached hydrogens (tertiary/aromatic N) is 4. The molecular weight excluding hydrogens is 408 g/mol. The number of aryl methyl sites for hydroxylation is 1. The minimum absolute atomic E-state index is 0.164. The lowest BCUT2D eigenvalue weighted by molar-refractivity contribution is -0.175. The van der Waals surface area contributed by atoms with Crippen molar-refractivity contribution in [2.24, 2.45) is 12.5 Å². The molecule has 2 amide bonds. The Morgan fingerprint density at radius 1 is 1.10 bits per heavy atom. The highest BCUT2D eigenvalue weighted by Gasteiger charge is 2.62. The molecule has 1 spiro atoms. The second kappa shape index (κ2) is 6.62. The van der Waals surface area contributed by atoms with E-state index in [0.29, 0.717) is 29.7 Å². The van der Waals surface area contributed by atoms with E-state index in [1.165, 1.54) is 9.13 Å². The van der Waals surface area contributed by atoms with Gasteiger partial charge in [-0.2, -0.15) is 0 Å². The molecule has 166 valence electrons. The molecule has 1 unspecified atom stereocenters. The SMILES string of the molecule is CN1CCC2(CN(c3cccc4c3n(C)c(=O)n4C3CCC(=O)NC3=O)C2)C(F)(F)C1. The topological polar surface area (TPSA) is 79.6 Å². The summed E-state index contributed by atoms with van der Waals surface area (Å²) in [4.78, 5) is 40.5. The molecule has 4 heterocycles. The maximum absolute atomic E-state index is 14.8. The molecular formula is C21H25F2N5O3. The summed E-state index contributed by atoms with van der Waals surface area (Å²) in [6.07, 6.45) is 0.844. The first kappa shape index (κ1) is 20.2. The third-order valence-electron chi connectivity index (χ3n) is 7.15. The van der Waals surface area contributed by atoms with Crippen LogP contribution in [0.2, 0.25) is 0 Å². The number of rotatable bonds is 2. The molecule has 3 fully saturated rings. The van der Waals surface area contributed by atoms with Crippen LogP contribution in [0.25, 0.3) is 11.0 Å². The van der Waals surface area contributed by atoms with Crippen molar-refractivity contribution in [3.05, 3.63) is 28.7 Å². The standard InChI is InChI=1S/C21H25F2N5O3/c1-25-9-8-20(21(22,23)12-25)10-27(11-20)13-4-3-5-14-17(13)26(2)19(31)28(14)15-6-7-16(29)24-18(15)30/h3-5,15H,6-12H2,1-2H3,(H,24,29,30). The Morgan fingerprint density at radius 2 is 1.84 bits per heavy atom. The average molecular weight is 433 g/mol. The molecule has 1 N–H and O–H groups in total. The van der Waals surface area contributed by atoms with Crippen molar-refractivity contribution < 1.29 is 18.4 Å². The minimum atomic E-state index is -2.77. The minimum Gasteiger partial charge on any atom is -0.368 e. The van der Waals surface area contributed by atoms with Gasteiger partial charge in [0, 0.05) is 26.6 Å². The van der Waals surface area contributed by atoms with Crippen LogP contribution in [0.5, 0.6) is 0 Å². The van der Waals surface area contributed by atoms with Gasteiger partial charge in [0.15, 0.2) is 0 Å². The number of imide groups is 1. The maximum Gasteiger partial charge on any atom is 0.329 e. The number of piperidine rings is 2. The fourth-order valence-electron chi connectivity index (χ4n) is 5.32. The summed E-state index contributed by atoms with van der Waals surface area (Å²) in [6.45, 7) is 0.850. The molecule has 0 saturated carbocycles. The van der Waals surface area contributed by atoms with Gasteiger partial charge in [0.25, 0.3) is 5.92 Å². The molecule has 5 rings (SSSR count). The highest BCUT2D eigenvalue weighted by atomic mass is 19.3. The van der Waals surface area contributed by atoms with Crippen LogP contribution in [0.4, 0.5) is 14.5 Å². The Bertz CT molecular complexity index is 1150. The number of hydrogen-bond donors (Lipinski definition) is 1. The van der Waals surface area contributed by atoms with Crippen LogP contribution in [-0.4, -0.2) is 65.0 Å². The van der Waals surface area contributed by atoms with Crippen LogP contribution in [0.3, 0.4) is 0 Å². The number of likely N-dealkylation sites (tertiary alicyclic amines) is 1. The zero-order chi connectivity index (χ0) is 22.1. The molecule has 8 nitrogen and oxygen atoms in total. The van der Waals surface area contributed by atoms with Gasteiger partial charge in [-0.15, -0.1) is 0 Å². The van der Waals surface area contributed by atoms with Gasteiger partial charge >= 0.3 is 5.69 Å². The van der Waals surface area contributed by atoms with Gasteiger partial charge in [-0.1, -0.05) is 6.07 Å². The number of carbonyl (C=O) groups is 2. The van der Waals surface area contributed by atoms with E-state index in [1.807, 2.05) is 11.0 Å². The lowest BCUT2D eigenvalue weighted by atomic mass is 9.69. The summed E-state index contributed by atoms with van der Waals surface area (Å²) >= 11 is 0. The lowest BCUT2D eigenvalue weighted by Gasteiger charge is -2.58. The molecule has 2 aromatic rings. The number of carbonyl (C=O) groups excluding carboxylic acids is 2. The van der Waals surface area contributed by atoms with Gasteiger partial charge in [-0.3, -0.25) is 24.0 Å². The van der Waals surface area contributed by atoms with Gasteiger partial charge in [0.05, 0.1) is 28.7 Å². The van der Waals surface area contributed by atoms with Gasteiger partial charge in [0.1, 0.15) is 6.04 Å². The average Bonchev–Trinajstić information content (AvgIpc) is 2.91. The predicted octanol–water partition coefficient (Wildman–Crippen LogP) is 1.09. The fraction of sp³-hybridized carbons (Fsp3) is 0.571. The van der Waals surface area contributed by atoms with Crippen LogP contribution in [0.15, 0.2) is 23.0 Å². The molecule has 3 aliphatic rings. The van der Waals surface area contributed by atoms with E-state index in [4.69, 9.17) is 0 Å². The van der Waals surface area contributed by atoms with Crippen LogP contribution in [0, 0.1) is 5.41 Å². The van der Waals surface area contributed by atoms with Crippen molar-refractivity contribution in [2.45, 2.75) is 31.2 Å². The summed E-state index contributed by atoms with van der Waals surface area (Å²) in [5, 5.41) is 2.30. The van der Waals surface area contributed by atoms with Crippen LogP contribution >= 0.6 is 0 Å². The number of fused-ring (bicyclic) bond motifs is 1. The summed E-state index contributed by atoms with van der Waals surface area (Å²) in [7, 11) is 3.34. The molecule has 10 heteroatoms. The van der Waals surface area contributed by atoms with E-state index in [-0.39, 0.29) is 44.1 Å². The van der Waals surface area contributed by atoms with Crippen LogP contribution in [0.1, 0.15) is 25.3 Å². The fourth-order valence-corrected chi connectivity index (χ4v) is 5.32. The second-order valence-electron chi connectivity index (χ2n) is 9.15. The number of imidazole rings is 1. The number of aromatic nitrogens is 2. The van der Waals surface area contributed by atoms with Crippen LogP contribution in [-0.2, 0) is 16.6 Å². The third kappa shape index (κ3) is 2.84. The molecule has 1 aromatic carbocycles. The lowest BCUT2D eigenvalue weighted by Crippen LogP contribution is -2.70. The predicted molar refractivity (Wildman–Crippen MR) is 110 cm³/mol. The van der Waals surface area contributed by atoms with Crippen molar-refractivity contribution in [3.8, 4) is 0 Å². The van der Waals surface area contributed by atoms with Crippen molar-refractivity contribution in [2.75, 3.05) is 38.1 Å². The van der Waals surface area contributed by atoms with E-state index in [1.54, 1.807) is 31.1 Å². The first-order valence-corrected chi connectivity index (χ1v) is 10.5. The molecule has 0 aliphatic carbocycles. The molecule has 0 radical (unpaired) electrons. The molecule has 1 aromatic heterocycles. The van der Waals surface area contributed by atoms with Crippen LogP contribution < -0.4 is 15.9 Å². The van der Waals surface area contributed by atoms with Crippen molar-refractivity contribution in [3.63, 3.8) is 0 Å². The molecule has 3 saturated heterocycles. The Kier molecular flexibility index (Phi) is 4.31. The summed E-state index contributed by atoms with van der Waals surface area (Å²) in [5.41, 5.74) is 0.478. The number of anilines is 1. The van der Waals surface area contributed by atoms with Gasteiger partial charge in [0.2, 0.25) is 11.8 Å². The Labute approximate surface area is 177 Å². The van der Waals surface area contributed by atoms with Crippen molar-refractivity contribution in [1.29, 1.82) is 0 Å². The third-order valence-corrected chi connectivity index (χ3v) is 7.15. The number of amides is 2. The van der Waals surface area contributed by atoms with E-state index < -0.39 is 23.3 Å². The van der Waals surface area contributed by atoms with Gasteiger partial charge < -0.3 is 9.80 Å². The summed E-state index contributed by atoms with van der Waals surface area (Å²) in [6, 6.07) is 4.59. The Morgan fingerprint density at radius 3 is 2.52 bits per heavy atom. The normalized spacial score (nSPS) is 25.7. The quantitative estimate of drug-likeness (QED) is 0.718. The highest BCUT2D eigenvalue weighted by Crippen LogP contribution is 2.51. The first-order valence-electron chi connectivity index (χ1n) is 10.5. The van der Waals surface area contributed by atoms with E-state index in [0.717, 1.165) is 0 Å². The maximum atomic E-state index is 14.8. The summed E-state index contributed by atoms with van der Waals surface area (Å²) < 4.78 is 32.5. The zero-order valence-electron chi connectivity index (χ0n) is 17.5. The highest BCUT2D eigenvalue weighted by molar-refractivity contribution is 6.00. The first-order chi connectivity index (χ1) is 14.6. The summed E-state index contributed by atoms with van der Waals surface area (Å²) in [5.74, 6) is -3.61. The van der Waals surface area contributed by atoms with Gasteiger partial charge in [-0.05, 0) is 38.6 Å². The Hall–Kier alpha value is -2.75. The monoisotopic (exact) mass is 433 g/mol. The van der Waals surface area contributed by atoms with Crippen molar-refractivity contribution >= 4 is 28.5 Å². The van der Waals surface area contributed by atoms with Gasteiger partial charge in [-0.25, -0.2) is 13.6 Å². The zero-order valence-corrected chi connectivity index (χ0v) is 17.5. The molecule has 31 heavy (non-hydrogen) atoms. The number of benzene rings is 1. The Balaban J connectivity index is 1.52. The number of alkyl halides is 2. The second-order valence-corrected chi connectivity index (χ2v) is 9.15. The molecule has 3 aliphatic heterocycles.